The van der Waals surface area contributed by atoms with Crippen molar-refractivity contribution >= 4 is 12.0 Å². The van der Waals surface area contributed by atoms with Gasteiger partial charge in [0.1, 0.15) is 11.5 Å². The third-order valence-electron chi connectivity index (χ3n) is 3.84. The summed E-state index contributed by atoms with van der Waals surface area (Å²) in [4.78, 5) is 22.3. The molecule has 0 aromatic heterocycles. The predicted octanol–water partition coefficient (Wildman–Crippen LogP) is 4.40. The molecule has 2 aromatic rings. The number of carbonyl (C=O) groups excluding carboxylic acids is 1. The molecule has 2 N–H and O–H groups in total. The van der Waals surface area contributed by atoms with Crippen LogP contribution in [0.2, 0.25) is 0 Å². The molecule has 0 heterocycles. The Kier molecular flexibility index (Phi) is 6.57. The average molecular weight is 341 g/mol. The van der Waals surface area contributed by atoms with Crippen LogP contribution in [-0.4, -0.2) is 17.1 Å². The number of carboxylic acid groups (broad SMARTS) is 1. The molecule has 0 aliphatic heterocycles. The van der Waals surface area contributed by atoms with E-state index in [4.69, 9.17) is 9.84 Å². The zero-order valence-corrected chi connectivity index (χ0v) is 14.5. The smallest absolute Gasteiger partial charge is 0.411 e. The van der Waals surface area contributed by atoms with Gasteiger partial charge in [-0.2, -0.15) is 0 Å². The van der Waals surface area contributed by atoms with Crippen LogP contribution in [0.5, 0.6) is 11.5 Å². The van der Waals surface area contributed by atoms with Crippen LogP contribution >= 0.6 is 0 Å². The quantitative estimate of drug-likeness (QED) is 0.782. The Hall–Kier alpha value is -2.82. The maximum Gasteiger partial charge on any atom is 0.411 e. The summed E-state index contributed by atoms with van der Waals surface area (Å²) < 4.78 is 6.01. The molecule has 0 radical (unpaired) electrons. The van der Waals surface area contributed by atoms with Gasteiger partial charge in [0.15, 0.2) is 0 Å². The Balaban J connectivity index is 2.09. The lowest BCUT2D eigenvalue weighted by molar-refractivity contribution is -0.123. The molecule has 1 atom stereocenters. The highest BCUT2D eigenvalue weighted by atomic mass is 16.5. The van der Waals surface area contributed by atoms with Gasteiger partial charge >= 0.3 is 6.09 Å². The minimum absolute atomic E-state index is 0.437. The summed E-state index contributed by atoms with van der Waals surface area (Å²) >= 11 is 0. The largest absolute Gasteiger partial charge is 0.465 e. The highest BCUT2D eigenvalue weighted by Crippen LogP contribution is 2.27. The molecule has 132 valence electrons. The van der Waals surface area contributed by atoms with Crippen molar-refractivity contribution in [3.63, 3.8) is 0 Å². The first kappa shape index (κ1) is 18.5. The standard InChI is InChI=1S/C20H23NO4/c1-3-7-16-9-4-5-11-18(16)25-17-10-6-8-15(13-17)12-14(2)19(22)21-20(23)24/h4-6,8-11,13-14H,3,7,12H2,1-2H3,(H,21,22)(H,23,24). The molecule has 0 saturated carbocycles. The maximum absolute atomic E-state index is 11.7. The summed E-state index contributed by atoms with van der Waals surface area (Å²) in [6.45, 7) is 3.82. The molecule has 1 unspecified atom stereocenters. The van der Waals surface area contributed by atoms with Crippen molar-refractivity contribution in [2.75, 3.05) is 0 Å². The monoisotopic (exact) mass is 341 g/mol. The van der Waals surface area contributed by atoms with Crippen molar-refractivity contribution in [3.8, 4) is 11.5 Å². The minimum Gasteiger partial charge on any atom is -0.465 e. The van der Waals surface area contributed by atoms with Crippen molar-refractivity contribution in [3.05, 3.63) is 59.7 Å². The van der Waals surface area contributed by atoms with E-state index in [1.54, 1.807) is 6.92 Å². The molecule has 5 heteroatoms. The lowest BCUT2D eigenvalue weighted by Crippen LogP contribution is -2.34. The Morgan fingerprint density at radius 3 is 2.64 bits per heavy atom. The second-order valence-electron chi connectivity index (χ2n) is 6.01. The lowest BCUT2D eigenvalue weighted by atomic mass is 10.0. The Morgan fingerprint density at radius 1 is 1.16 bits per heavy atom. The normalized spacial score (nSPS) is 11.6. The van der Waals surface area contributed by atoms with Crippen molar-refractivity contribution in [1.82, 2.24) is 5.32 Å². The summed E-state index contributed by atoms with van der Waals surface area (Å²) in [6.07, 6.45) is 1.09. The molecular formula is C20H23NO4. The number of para-hydroxylation sites is 1. The van der Waals surface area contributed by atoms with Gasteiger partial charge in [0.2, 0.25) is 5.91 Å². The number of hydrogen-bond acceptors (Lipinski definition) is 3. The molecule has 0 spiro atoms. The van der Waals surface area contributed by atoms with Gasteiger partial charge in [-0.3, -0.25) is 10.1 Å². The molecule has 25 heavy (non-hydrogen) atoms. The number of amides is 2. The van der Waals surface area contributed by atoms with E-state index < -0.39 is 17.9 Å². The highest BCUT2D eigenvalue weighted by Gasteiger charge is 2.16. The van der Waals surface area contributed by atoms with Crippen LogP contribution in [-0.2, 0) is 17.6 Å². The molecule has 0 bridgehead atoms. The zero-order chi connectivity index (χ0) is 18.2. The molecular weight excluding hydrogens is 318 g/mol. The van der Waals surface area contributed by atoms with Gasteiger partial charge in [0.05, 0.1) is 0 Å². The third kappa shape index (κ3) is 5.64. The molecule has 2 aromatic carbocycles. The SMILES string of the molecule is CCCc1ccccc1Oc1cccc(CC(C)C(=O)NC(=O)O)c1. The second-order valence-corrected chi connectivity index (χ2v) is 6.01. The molecule has 0 aliphatic rings. The summed E-state index contributed by atoms with van der Waals surface area (Å²) in [6, 6.07) is 15.5. The van der Waals surface area contributed by atoms with Gasteiger partial charge in [-0.05, 0) is 42.2 Å². The number of benzene rings is 2. The number of nitrogens with one attached hydrogen (secondary N) is 1. The topological polar surface area (TPSA) is 75.6 Å². The minimum atomic E-state index is -1.33. The first-order valence-electron chi connectivity index (χ1n) is 8.38. The van der Waals surface area contributed by atoms with E-state index in [0.29, 0.717) is 12.2 Å². The van der Waals surface area contributed by atoms with Gasteiger partial charge in [-0.15, -0.1) is 0 Å². The van der Waals surface area contributed by atoms with Gasteiger partial charge < -0.3 is 9.84 Å². The average Bonchev–Trinajstić information content (AvgIpc) is 2.56. The number of carbonyl (C=O) groups is 2. The van der Waals surface area contributed by atoms with E-state index >= 15 is 0 Å². The Labute approximate surface area is 147 Å². The molecule has 0 fully saturated rings. The van der Waals surface area contributed by atoms with Crippen LogP contribution < -0.4 is 10.1 Å². The predicted molar refractivity (Wildman–Crippen MR) is 96.0 cm³/mol. The highest BCUT2D eigenvalue weighted by molar-refractivity contribution is 5.92. The number of rotatable bonds is 7. The van der Waals surface area contributed by atoms with E-state index in [9.17, 15) is 9.59 Å². The second kappa shape index (κ2) is 8.87. The number of ether oxygens (including phenoxy) is 1. The first-order chi connectivity index (χ1) is 12.0. The fraction of sp³-hybridized carbons (Fsp3) is 0.300. The van der Waals surface area contributed by atoms with E-state index in [-0.39, 0.29) is 0 Å². The van der Waals surface area contributed by atoms with Gasteiger partial charge in [0, 0.05) is 5.92 Å². The fourth-order valence-corrected chi connectivity index (χ4v) is 2.62. The third-order valence-corrected chi connectivity index (χ3v) is 3.84. The van der Waals surface area contributed by atoms with Crippen LogP contribution in [0.25, 0.3) is 0 Å². The molecule has 5 nitrogen and oxygen atoms in total. The fourth-order valence-electron chi connectivity index (χ4n) is 2.62. The van der Waals surface area contributed by atoms with E-state index in [2.05, 4.69) is 13.0 Å². The Morgan fingerprint density at radius 2 is 1.92 bits per heavy atom. The summed E-state index contributed by atoms with van der Waals surface area (Å²) in [5.41, 5.74) is 2.07. The lowest BCUT2D eigenvalue weighted by Gasteiger charge is -2.13. The maximum atomic E-state index is 11.7. The molecule has 2 rings (SSSR count). The van der Waals surface area contributed by atoms with Crippen LogP contribution in [0, 0.1) is 5.92 Å². The van der Waals surface area contributed by atoms with E-state index in [0.717, 1.165) is 29.7 Å². The van der Waals surface area contributed by atoms with Crippen LogP contribution in [0.4, 0.5) is 4.79 Å². The number of imide groups is 1. The van der Waals surface area contributed by atoms with Gasteiger partial charge in [0.25, 0.3) is 0 Å². The van der Waals surface area contributed by atoms with Gasteiger partial charge in [-0.1, -0.05) is 50.6 Å². The summed E-state index contributed by atoms with van der Waals surface area (Å²) in [5.74, 6) is 0.580. The van der Waals surface area contributed by atoms with Crippen molar-refractivity contribution in [1.29, 1.82) is 0 Å². The zero-order valence-electron chi connectivity index (χ0n) is 14.5. The Bertz CT molecular complexity index is 742. The van der Waals surface area contributed by atoms with E-state index in [1.807, 2.05) is 47.8 Å². The molecule has 2 amide bonds. The first-order valence-corrected chi connectivity index (χ1v) is 8.38. The number of hydrogen-bond donors (Lipinski definition) is 2. The van der Waals surface area contributed by atoms with Crippen molar-refractivity contribution in [2.45, 2.75) is 33.1 Å². The summed E-state index contributed by atoms with van der Waals surface area (Å²) in [7, 11) is 0. The van der Waals surface area contributed by atoms with Crippen molar-refractivity contribution < 1.29 is 19.4 Å². The molecule has 0 saturated heterocycles. The van der Waals surface area contributed by atoms with E-state index in [1.165, 1.54) is 0 Å². The summed E-state index contributed by atoms with van der Waals surface area (Å²) in [5, 5.41) is 10.5. The van der Waals surface area contributed by atoms with Crippen LogP contribution in [0.3, 0.4) is 0 Å². The van der Waals surface area contributed by atoms with Gasteiger partial charge in [-0.25, -0.2) is 4.79 Å². The van der Waals surface area contributed by atoms with Crippen LogP contribution in [0.15, 0.2) is 48.5 Å². The van der Waals surface area contributed by atoms with Crippen LogP contribution in [0.1, 0.15) is 31.4 Å². The number of aryl methyl sites for hydroxylation is 1. The van der Waals surface area contributed by atoms with Crippen molar-refractivity contribution in [2.24, 2.45) is 5.92 Å². The molecule has 0 aliphatic carbocycles.